The molecule has 7 nitrogen and oxygen atoms in total. The van der Waals surface area contributed by atoms with Crippen molar-refractivity contribution < 1.29 is 14.3 Å². The van der Waals surface area contributed by atoms with Gasteiger partial charge in [0, 0.05) is 50.6 Å². The molecule has 3 aliphatic rings. The van der Waals surface area contributed by atoms with Gasteiger partial charge < -0.3 is 19.7 Å². The number of nitrogens with zero attached hydrogens (tertiary/aromatic N) is 3. The Morgan fingerprint density at radius 1 is 1.09 bits per heavy atom. The van der Waals surface area contributed by atoms with Crippen molar-refractivity contribution >= 4 is 22.2 Å². The van der Waals surface area contributed by atoms with E-state index in [1.165, 1.54) is 16.9 Å². The lowest BCUT2D eigenvalue weighted by molar-refractivity contribution is -0.116. The van der Waals surface area contributed by atoms with Crippen molar-refractivity contribution in [3.05, 3.63) is 39.8 Å². The highest BCUT2D eigenvalue weighted by Gasteiger charge is 2.23. The zero-order valence-electron chi connectivity index (χ0n) is 18.2. The molecular weight excluding hydrogens is 424 g/mol. The van der Waals surface area contributed by atoms with E-state index >= 15 is 0 Å². The Bertz CT molecular complexity index is 1040. The highest BCUT2D eigenvalue weighted by atomic mass is 32.1. The summed E-state index contributed by atoms with van der Waals surface area (Å²) in [6.07, 6.45) is 4.75. The van der Waals surface area contributed by atoms with Crippen molar-refractivity contribution in [1.29, 1.82) is 5.26 Å². The molecule has 5 rings (SSSR count). The first-order valence-corrected chi connectivity index (χ1v) is 12.2. The van der Waals surface area contributed by atoms with Crippen molar-refractivity contribution in [1.82, 2.24) is 9.80 Å². The summed E-state index contributed by atoms with van der Waals surface area (Å²) in [6.45, 7) is 5.81. The summed E-state index contributed by atoms with van der Waals surface area (Å²) in [5.74, 6) is 1.66. The largest absolute Gasteiger partial charge is 0.454 e. The monoisotopic (exact) mass is 452 g/mol. The fourth-order valence-corrected chi connectivity index (χ4v) is 5.95. The highest BCUT2D eigenvalue weighted by molar-refractivity contribution is 7.16. The van der Waals surface area contributed by atoms with Crippen molar-refractivity contribution in [3.8, 4) is 17.6 Å². The number of carbonyl (C=O) groups is 1. The first-order chi connectivity index (χ1) is 15.7. The number of thiophene rings is 1. The number of nitriles is 1. The lowest BCUT2D eigenvalue weighted by Crippen LogP contribution is -2.46. The number of ether oxygens (including phenoxy) is 2. The van der Waals surface area contributed by atoms with Crippen LogP contribution in [0.25, 0.3) is 0 Å². The van der Waals surface area contributed by atoms with Crippen molar-refractivity contribution in [2.45, 2.75) is 38.6 Å². The molecule has 1 aliphatic carbocycles. The molecule has 168 valence electrons. The molecule has 0 saturated carbocycles. The number of fused-ring (bicyclic) bond motifs is 2. The minimum Gasteiger partial charge on any atom is -0.454 e. The van der Waals surface area contributed by atoms with Crippen LogP contribution in [0, 0.1) is 11.3 Å². The van der Waals surface area contributed by atoms with Gasteiger partial charge in [-0.15, -0.1) is 11.3 Å². The number of carbonyl (C=O) groups excluding carboxylic acids is 1. The van der Waals surface area contributed by atoms with Gasteiger partial charge in [-0.1, -0.05) is 6.07 Å². The normalized spacial score (nSPS) is 18.2. The number of nitrogens with one attached hydrogen (secondary N) is 1. The van der Waals surface area contributed by atoms with E-state index in [-0.39, 0.29) is 5.91 Å². The molecule has 1 aromatic heterocycles. The van der Waals surface area contributed by atoms with E-state index in [4.69, 9.17) is 9.47 Å². The van der Waals surface area contributed by atoms with Crippen LogP contribution in [0.4, 0.5) is 5.00 Å². The Morgan fingerprint density at radius 3 is 2.72 bits per heavy atom. The van der Waals surface area contributed by atoms with E-state index in [9.17, 15) is 10.1 Å². The highest BCUT2D eigenvalue weighted by Crippen LogP contribution is 2.37. The van der Waals surface area contributed by atoms with E-state index < -0.39 is 0 Å². The van der Waals surface area contributed by atoms with Gasteiger partial charge in [0.15, 0.2) is 11.5 Å². The molecule has 0 unspecified atom stereocenters. The average molecular weight is 453 g/mol. The number of anilines is 1. The fourth-order valence-electron chi connectivity index (χ4n) is 4.69. The van der Waals surface area contributed by atoms with E-state index in [0.29, 0.717) is 18.8 Å². The Labute approximate surface area is 192 Å². The van der Waals surface area contributed by atoms with Crippen LogP contribution >= 0.6 is 11.3 Å². The molecule has 0 radical (unpaired) electrons. The average Bonchev–Trinajstić information content (AvgIpc) is 3.42. The molecular formula is C24H28N4O3S. The third-order valence-electron chi connectivity index (χ3n) is 6.50. The molecule has 1 fully saturated rings. The van der Waals surface area contributed by atoms with Crippen LogP contribution in [-0.2, 0) is 24.2 Å². The van der Waals surface area contributed by atoms with Gasteiger partial charge in [0.2, 0.25) is 12.7 Å². The predicted octanol–water partition coefficient (Wildman–Crippen LogP) is 3.37. The number of amides is 1. The van der Waals surface area contributed by atoms with E-state index in [1.54, 1.807) is 11.3 Å². The van der Waals surface area contributed by atoms with Gasteiger partial charge in [-0.05, 0) is 48.9 Å². The number of aryl methyl sites for hydroxylation is 1. The van der Waals surface area contributed by atoms with Crippen molar-refractivity contribution in [3.63, 3.8) is 0 Å². The minimum absolute atomic E-state index is 0.00267. The summed E-state index contributed by atoms with van der Waals surface area (Å²) < 4.78 is 10.9. The van der Waals surface area contributed by atoms with Crippen LogP contribution in [-0.4, -0.2) is 55.2 Å². The molecule has 1 aromatic carbocycles. The second kappa shape index (κ2) is 9.49. The third kappa shape index (κ3) is 4.60. The van der Waals surface area contributed by atoms with Crippen LogP contribution in [0.2, 0.25) is 0 Å². The van der Waals surface area contributed by atoms with Gasteiger partial charge in [-0.25, -0.2) is 0 Å². The summed E-state index contributed by atoms with van der Waals surface area (Å²) in [4.78, 5) is 18.6. The molecule has 3 heterocycles. The minimum atomic E-state index is 0.00267. The summed E-state index contributed by atoms with van der Waals surface area (Å²) in [5.41, 5.74) is 3.09. The van der Waals surface area contributed by atoms with E-state index in [1.807, 2.05) is 6.07 Å². The molecule has 0 bridgehead atoms. The molecule has 8 heteroatoms. The van der Waals surface area contributed by atoms with Crippen LogP contribution in [0.3, 0.4) is 0 Å². The molecule has 2 aromatic rings. The number of hydrogen-bond acceptors (Lipinski definition) is 7. The van der Waals surface area contributed by atoms with Crippen LogP contribution in [0.15, 0.2) is 18.2 Å². The lowest BCUT2D eigenvalue weighted by Gasteiger charge is -2.34. The quantitative estimate of drug-likeness (QED) is 0.724. The van der Waals surface area contributed by atoms with E-state index in [2.05, 4.69) is 33.3 Å². The first-order valence-electron chi connectivity index (χ1n) is 11.4. The van der Waals surface area contributed by atoms with Gasteiger partial charge in [0.25, 0.3) is 0 Å². The Morgan fingerprint density at radius 2 is 1.88 bits per heavy atom. The second-order valence-electron chi connectivity index (χ2n) is 8.63. The molecule has 1 saturated heterocycles. The predicted molar refractivity (Wildman–Crippen MR) is 123 cm³/mol. The molecule has 0 atom stereocenters. The van der Waals surface area contributed by atoms with Crippen molar-refractivity contribution in [2.75, 3.05) is 44.8 Å². The lowest BCUT2D eigenvalue weighted by atomic mass is 9.96. The summed E-state index contributed by atoms with van der Waals surface area (Å²) in [5, 5.41) is 13.3. The fraction of sp³-hybridized carbons (Fsp3) is 0.500. The maximum atomic E-state index is 12.6. The van der Waals surface area contributed by atoms with E-state index in [0.717, 1.165) is 80.6 Å². The van der Waals surface area contributed by atoms with Gasteiger partial charge in [0.1, 0.15) is 11.1 Å². The van der Waals surface area contributed by atoms with Gasteiger partial charge in [-0.3, -0.25) is 9.69 Å². The molecule has 0 spiro atoms. The Kier molecular flexibility index (Phi) is 6.30. The SMILES string of the molecule is N#Cc1c(NC(=O)CCN2CCN(Cc3ccc4c(c3)OCO4)CC2)sc2c1CCCC2. The van der Waals surface area contributed by atoms with Gasteiger partial charge in [0.05, 0.1) is 5.56 Å². The zero-order valence-corrected chi connectivity index (χ0v) is 19.0. The van der Waals surface area contributed by atoms with Crippen LogP contribution in [0.1, 0.15) is 40.8 Å². The first kappa shape index (κ1) is 21.3. The smallest absolute Gasteiger partial charge is 0.231 e. The number of hydrogen-bond donors (Lipinski definition) is 1. The topological polar surface area (TPSA) is 77.8 Å². The van der Waals surface area contributed by atoms with Gasteiger partial charge >= 0.3 is 0 Å². The number of benzene rings is 1. The second-order valence-corrected chi connectivity index (χ2v) is 9.74. The molecule has 1 N–H and O–H groups in total. The summed E-state index contributed by atoms with van der Waals surface area (Å²) in [6, 6.07) is 8.46. The molecule has 32 heavy (non-hydrogen) atoms. The molecule has 1 amide bonds. The maximum Gasteiger partial charge on any atom is 0.231 e. The van der Waals surface area contributed by atoms with Crippen molar-refractivity contribution in [2.24, 2.45) is 0 Å². The summed E-state index contributed by atoms with van der Waals surface area (Å²) in [7, 11) is 0. The maximum absolute atomic E-state index is 12.6. The van der Waals surface area contributed by atoms with Crippen LogP contribution in [0.5, 0.6) is 11.5 Å². The zero-order chi connectivity index (χ0) is 21.9. The molecule has 2 aliphatic heterocycles. The Balaban J connectivity index is 1.07. The summed E-state index contributed by atoms with van der Waals surface area (Å²) >= 11 is 1.59. The van der Waals surface area contributed by atoms with Crippen LogP contribution < -0.4 is 14.8 Å². The Hall–Kier alpha value is -2.60. The standard InChI is InChI=1S/C24H28N4O3S/c25-14-19-18-3-1-2-4-22(18)32-24(19)26-23(29)7-8-27-9-11-28(12-10-27)15-17-5-6-20-21(13-17)31-16-30-20/h5-6,13H,1-4,7-12,15-16H2,(H,26,29). The number of rotatable bonds is 6. The number of piperazine rings is 1. The van der Waals surface area contributed by atoms with Gasteiger partial charge in [-0.2, -0.15) is 5.26 Å². The third-order valence-corrected chi connectivity index (χ3v) is 7.71.